The maximum atomic E-state index is 11.6. The highest BCUT2D eigenvalue weighted by atomic mass is 35.5. The molecule has 0 spiro atoms. The Labute approximate surface area is 163 Å². The smallest absolute Gasteiger partial charge is 0.286 e. The minimum atomic E-state index is -0.337. The Morgan fingerprint density at radius 1 is 1.12 bits per heavy atom. The molecule has 5 nitrogen and oxygen atoms in total. The van der Waals surface area contributed by atoms with Crippen LogP contribution in [0.3, 0.4) is 0 Å². The van der Waals surface area contributed by atoms with E-state index in [1.807, 2.05) is 36.5 Å². The van der Waals surface area contributed by atoms with E-state index < -0.39 is 0 Å². The van der Waals surface area contributed by atoms with E-state index in [9.17, 15) is 9.59 Å². The van der Waals surface area contributed by atoms with Crippen LogP contribution in [-0.4, -0.2) is 28.0 Å². The third-order valence-corrected chi connectivity index (χ3v) is 5.01. The fourth-order valence-corrected chi connectivity index (χ4v) is 3.41. The summed E-state index contributed by atoms with van der Waals surface area (Å²) in [6.07, 6.45) is 4.19. The molecule has 0 saturated carbocycles. The second kappa shape index (κ2) is 9.59. The Balaban J connectivity index is 0.00000243. The predicted octanol–water partition coefficient (Wildman–Crippen LogP) is 3.58. The number of rotatable bonds is 7. The van der Waals surface area contributed by atoms with Crippen LogP contribution in [0.4, 0.5) is 4.79 Å². The van der Waals surface area contributed by atoms with Gasteiger partial charge in [0.1, 0.15) is 5.75 Å². The predicted molar refractivity (Wildman–Crippen MR) is 105 cm³/mol. The normalized spacial score (nSPS) is 16.1. The number of aromatic nitrogens is 1. The van der Waals surface area contributed by atoms with Crippen molar-refractivity contribution in [3.8, 4) is 5.75 Å². The second-order valence-corrected chi connectivity index (χ2v) is 7.02. The van der Waals surface area contributed by atoms with E-state index in [0.717, 1.165) is 41.6 Å². The summed E-state index contributed by atoms with van der Waals surface area (Å²) in [6.45, 7) is 2.67. The lowest BCUT2D eigenvalue weighted by atomic mass is 10.1. The molecule has 26 heavy (non-hydrogen) atoms. The van der Waals surface area contributed by atoms with Crippen molar-refractivity contribution in [3.05, 3.63) is 59.4 Å². The zero-order valence-corrected chi connectivity index (χ0v) is 16.1. The van der Waals surface area contributed by atoms with Gasteiger partial charge < -0.3 is 4.74 Å². The maximum absolute atomic E-state index is 11.6. The van der Waals surface area contributed by atoms with Gasteiger partial charge in [-0.3, -0.25) is 19.9 Å². The second-order valence-electron chi connectivity index (χ2n) is 5.84. The van der Waals surface area contributed by atoms with E-state index in [1.54, 1.807) is 0 Å². The number of amides is 2. The third kappa shape index (κ3) is 5.47. The molecule has 1 N–H and O–H groups in total. The Bertz CT molecular complexity index is 750. The molecule has 138 valence electrons. The van der Waals surface area contributed by atoms with Crippen LogP contribution >= 0.6 is 24.2 Å². The van der Waals surface area contributed by atoms with E-state index in [4.69, 9.17) is 4.74 Å². The quantitative estimate of drug-likeness (QED) is 0.779. The molecule has 1 atom stereocenters. The van der Waals surface area contributed by atoms with Crippen LogP contribution in [0.2, 0.25) is 0 Å². The summed E-state index contributed by atoms with van der Waals surface area (Å²) in [5.41, 5.74) is 3.25. The van der Waals surface area contributed by atoms with Crippen LogP contribution in [-0.2, 0) is 24.1 Å². The van der Waals surface area contributed by atoms with Crippen LogP contribution in [0.5, 0.6) is 5.75 Å². The van der Waals surface area contributed by atoms with Gasteiger partial charge >= 0.3 is 0 Å². The summed E-state index contributed by atoms with van der Waals surface area (Å²) in [4.78, 5) is 27.2. The molecule has 7 heteroatoms. The molecule has 1 aromatic heterocycles. The Morgan fingerprint density at radius 3 is 2.42 bits per heavy atom. The van der Waals surface area contributed by atoms with Crippen LogP contribution in [0.25, 0.3) is 0 Å². The van der Waals surface area contributed by atoms with Gasteiger partial charge in [-0.2, -0.15) is 0 Å². The maximum Gasteiger partial charge on any atom is 0.286 e. The summed E-state index contributed by atoms with van der Waals surface area (Å²) in [5.74, 6) is 0.574. The number of aryl methyl sites for hydroxylation is 1. The van der Waals surface area contributed by atoms with Gasteiger partial charge in [-0.1, -0.05) is 36.9 Å². The van der Waals surface area contributed by atoms with Gasteiger partial charge in [-0.25, -0.2) is 0 Å². The van der Waals surface area contributed by atoms with Crippen molar-refractivity contribution in [1.29, 1.82) is 0 Å². The van der Waals surface area contributed by atoms with Crippen molar-refractivity contribution in [3.63, 3.8) is 0 Å². The van der Waals surface area contributed by atoms with E-state index in [2.05, 4.69) is 23.3 Å². The fourth-order valence-electron chi connectivity index (χ4n) is 2.55. The number of thioether (sulfide) groups is 1. The molecule has 1 aliphatic heterocycles. The SMILES string of the molecule is CCc1ccc(CCOc2ccc(C[C@@H]3SC(=O)NC3=O)cc2)nc1.Cl. The monoisotopic (exact) mass is 392 g/mol. The summed E-state index contributed by atoms with van der Waals surface area (Å²) in [5, 5.41) is 1.70. The van der Waals surface area contributed by atoms with Gasteiger partial charge in [-0.05, 0) is 42.2 Å². The number of carbonyl (C=O) groups is 2. The van der Waals surface area contributed by atoms with Crippen molar-refractivity contribution in [2.24, 2.45) is 0 Å². The van der Waals surface area contributed by atoms with Crippen molar-refractivity contribution in [2.75, 3.05) is 6.61 Å². The van der Waals surface area contributed by atoms with Crippen LogP contribution in [0.1, 0.15) is 23.7 Å². The van der Waals surface area contributed by atoms with Crippen molar-refractivity contribution in [2.45, 2.75) is 31.4 Å². The molecular formula is C19H21ClN2O3S. The zero-order chi connectivity index (χ0) is 17.6. The van der Waals surface area contributed by atoms with Gasteiger partial charge in [-0.15, -0.1) is 12.4 Å². The third-order valence-electron chi connectivity index (χ3n) is 4.03. The summed E-state index contributed by atoms with van der Waals surface area (Å²) in [6, 6.07) is 11.8. The number of nitrogens with one attached hydrogen (secondary N) is 1. The van der Waals surface area contributed by atoms with Gasteiger partial charge in [0.05, 0.1) is 11.9 Å². The molecule has 1 saturated heterocycles. The van der Waals surface area contributed by atoms with E-state index >= 15 is 0 Å². The number of benzene rings is 1. The standard InChI is InChI=1S/C19H20N2O3S.ClH/c1-2-13-3-6-15(20-12-13)9-10-24-16-7-4-14(5-8-16)11-17-18(22)21-19(23)25-17;/h3-8,12,17H,2,9-11H2,1H3,(H,21,22,23);1H/t17-;/m0./s1. The molecule has 1 fully saturated rings. The molecule has 1 aromatic carbocycles. The number of pyridine rings is 1. The van der Waals surface area contributed by atoms with Crippen molar-refractivity contribution < 1.29 is 14.3 Å². The minimum Gasteiger partial charge on any atom is -0.493 e. The zero-order valence-electron chi connectivity index (χ0n) is 14.4. The largest absolute Gasteiger partial charge is 0.493 e. The number of carbonyl (C=O) groups excluding carboxylic acids is 2. The van der Waals surface area contributed by atoms with Crippen LogP contribution < -0.4 is 10.1 Å². The number of halogens is 1. The molecular weight excluding hydrogens is 372 g/mol. The molecule has 1 aliphatic rings. The number of hydrogen-bond donors (Lipinski definition) is 1. The number of hydrogen-bond acceptors (Lipinski definition) is 5. The van der Waals surface area contributed by atoms with Crippen LogP contribution in [0.15, 0.2) is 42.6 Å². The Hall–Kier alpha value is -2.05. The summed E-state index contributed by atoms with van der Waals surface area (Å²) in [7, 11) is 0. The van der Waals surface area contributed by atoms with E-state index in [1.165, 1.54) is 5.56 Å². The molecule has 0 radical (unpaired) electrons. The first-order valence-corrected chi connectivity index (χ1v) is 9.19. The van der Waals surface area contributed by atoms with Crippen molar-refractivity contribution in [1.82, 2.24) is 10.3 Å². The van der Waals surface area contributed by atoms with Gasteiger partial charge in [0.2, 0.25) is 5.91 Å². The molecule has 0 aliphatic carbocycles. The molecule has 2 heterocycles. The molecule has 2 amide bonds. The first kappa shape index (κ1) is 20.3. The first-order chi connectivity index (χ1) is 12.1. The summed E-state index contributed by atoms with van der Waals surface area (Å²) >= 11 is 1.05. The number of ether oxygens (including phenoxy) is 1. The number of nitrogens with zero attached hydrogens (tertiary/aromatic N) is 1. The van der Waals surface area contributed by atoms with Gasteiger partial charge in [0.15, 0.2) is 0 Å². The van der Waals surface area contributed by atoms with Crippen LogP contribution in [0, 0.1) is 0 Å². The lowest BCUT2D eigenvalue weighted by Crippen LogP contribution is -2.25. The number of imide groups is 1. The average Bonchev–Trinajstić information content (AvgIpc) is 2.94. The summed E-state index contributed by atoms with van der Waals surface area (Å²) < 4.78 is 5.75. The molecule has 2 aromatic rings. The van der Waals surface area contributed by atoms with Crippen molar-refractivity contribution >= 4 is 35.3 Å². The Kier molecular flexibility index (Phi) is 7.48. The molecule has 3 rings (SSSR count). The Morgan fingerprint density at radius 2 is 1.85 bits per heavy atom. The highest BCUT2D eigenvalue weighted by Crippen LogP contribution is 2.23. The van der Waals surface area contributed by atoms with E-state index in [0.29, 0.717) is 13.0 Å². The average molecular weight is 393 g/mol. The van der Waals surface area contributed by atoms with E-state index in [-0.39, 0.29) is 28.8 Å². The van der Waals surface area contributed by atoms with Gasteiger partial charge in [0.25, 0.3) is 5.24 Å². The minimum absolute atomic E-state index is 0. The highest BCUT2D eigenvalue weighted by Gasteiger charge is 2.31. The lowest BCUT2D eigenvalue weighted by Gasteiger charge is -2.09. The lowest BCUT2D eigenvalue weighted by molar-refractivity contribution is -0.118. The topological polar surface area (TPSA) is 68.3 Å². The first-order valence-electron chi connectivity index (χ1n) is 8.31. The highest BCUT2D eigenvalue weighted by molar-refractivity contribution is 8.15. The fraction of sp³-hybridized carbons (Fsp3) is 0.316. The molecule has 0 unspecified atom stereocenters. The molecule has 0 bridgehead atoms. The van der Waals surface area contributed by atoms with Gasteiger partial charge in [0, 0.05) is 18.3 Å².